The highest BCUT2D eigenvalue weighted by Gasteiger charge is 1.99. The SMILES string of the molecule is C=CCC=CC(CC)CCCC. The Morgan fingerprint density at radius 2 is 2.08 bits per heavy atom. The maximum Gasteiger partial charge on any atom is -0.0172 e. The van der Waals surface area contributed by atoms with Gasteiger partial charge in [-0.2, -0.15) is 0 Å². The molecule has 0 bridgehead atoms. The maximum atomic E-state index is 3.69. The van der Waals surface area contributed by atoms with Crippen molar-refractivity contribution in [3.05, 3.63) is 24.8 Å². The van der Waals surface area contributed by atoms with Gasteiger partial charge in [0.25, 0.3) is 0 Å². The van der Waals surface area contributed by atoms with Gasteiger partial charge in [-0.3, -0.25) is 0 Å². The van der Waals surface area contributed by atoms with Gasteiger partial charge in [-0.1, -0.05) is 44.9 Å². The minimum atomic E-state index is 0.796. The highest BCUT2D eigenvalue weighted by molar-refractivity contribution is 4.92. The predicted molar refractivity (Wildman–Crippen MR) is 57.3 cm³/mol. The monoisotopic (exact) mass is 166 g/mol. The highest BCUT2D eigenvalue weighted by Crippen LogP contribution is 2.13. The molecule has 12 heavy (non-hydrogen) atoms. The van der Waals surface area contributed by atoms with Gasteiger partial charge < -0.3 is 0 Å². The van der Waals surface area contributed by atoms with E-state index >= 15 is 0 Å². The predicted octanol–water partition coefficient (Wildman–Crippen LogP) is 4.34. The van der Waals surface area contributed by atoms with Crippen LogP contribution in [0.1, 0.15) is 46.0 Å². The lowest BCUT2D eigenvalue weighted by molar-refractivity contribution is 0.539. The van der Waals surface area contributed by atoms with Gasteiger partial charge in [0.1, 0.15) is 0 Å². The molecule has 0 aromatic carbocycles. The zero-order valence-electron chi connectivity index (χ0n) is 8.55. The molecule has 0 aromatic rings. The van der Waals surface area contributed by atoms with E-state index in [1.807, 2.05) is 6.08 Å². The van der Waals surface area contributed by atoms with E-state index in [1.54, 1.807) is 0 Å². The fraction of sp³-hybridized carbons (Fsp3) is 0.667. The van der Waals surface area contributed by atoms with Gasteiger partial charge in [-0.05, 0) is 25.2 Å². The minimum absolute atomic E-state index is 0.796. The first-order valence-electron chi connectivity index (χ1n) is 5.12. The van der Waals surface area contributed by atoms with Crippen molar-refractivity contribution in [2.45, 2.75) is 46.0 Å². The third kappa shape index (κ3) is 6.21. The van der Waals surface area contributed by atoms with Crippen LogP contribution in [0.15, 0.2) is 24.8 Å². The zero-order chi connectivity index (χ0) is 9.23. The van der Waals surface area contributed by atoms with Gasteiger partial charge in [-0.25, -0.2) is 0 Å². The molecular formula is C12H22. The van der Waals surface area contributed by atoms with Gasteiger partial charge in [0.2, 0.25) is 0 Å². The Morgan fingerprint density at radius 3 is 2.58 bits per heavy atom. The van der Waals surface area contributed by atoms with Crippen LogP contribution in [-0.4, -0.2) is 0 Å². The van der Waals surface area contributed by atoms with Crippen LogP contribution >= 0.6 is 0 Å². The molecule has 1 atom stereocenters. The summed E-state index contributed by atoms with van der Waals surface area (Å²) in [7, 11) is 0. The highest BCUT2D eigenvalue weighted by atomic mass is 14.0. The number of unbranched alkanes of at least 4 members (excludes halogenated alkanes) is 1. The second kappa shape index (κ2) is 8.58. The number of rotatable bonds is 7. The third-order valence-electron chi connectivity index (χ3n) is 2.16. The molecule has 0 saturated heterocycles. The van der Waals surface area contributed by atoms with Crippen LogP contribution in [0.4, 0.5) is 0 Å². The summed E-state index contributed by atoms with van der Waals surface area (Å²) in [6, 6.07) is 0. The van der Waals surface area contributed by atoms with E-state index in [2.05, 4.69) is 32.6 Å². The Kier molecular flexibility index (Phi) is 8.20. The molecule has 0 aliphatic heterocycles. The molecule has 0 fully saturated rings. The Balaban J connectivity index is 3.57. The fourth-order valence-electron chi connectivity index (χ4n) is 1.27. The van der Waals surface area contributed by atoms with E-state index < -0.39 is 0 Å². The zero-order valence-corrected chi connectivity index (χ0v) is 8.55. The van der Waals surface area contributed by atoms with E-state index in [-0.39, 0.29) is 0 Å². The Labute approximate surface area is 77.4 Å². The molecule has 0 amide bonds. The van der Waals surface area contributed by atoms with Gasteiger partial charge in [0.05, 0.1) is 0 Å². The van der Waals surface area contributed by atoms with E-state index in [4.69, 9.17) is 0 Å². The van der Waals surface area contributed by atoms with Gasteiger partial charge in [-0.15, -0.1) is 6.58 Å². The van der Waals surface area contributed by atoms with E-state index in [9.17, 15) is 0 Å². The summed E-state index contributed by atoms with van der Waals surface area (Å²) < 4.78 is 0. The van der Waals surface area contributed by atoms with Crippen molar-refractivity contribution in [2.24, 2.45) is 5.92 Å². The van der Waals surface area contributed by atoms with E-state index in [0.717, 1.165) is 12.3 Å². The average molecular weight is 166 g/mol. The first-order chi connectivity index (χ1) is 5.85. The van der Waals surface area contributed by atoms with Crippen molar-refractivity contribution in [1.29, 1.82) is 0 Å². The molecule has 0 radical (unpaired) electrons. The summed E-state index contributed by atoms with van der Waals surface area (Å²) in [6.45, 7) is 8.21. The van der Waals surface area contributed by atoms with E-state index in [1.165, 1.54) is 25.7 Å². The van der Waals surface area contributed by atoms with Crippen LogP contribution in [0.25, 0.3) is 0 Å². The molecule has 70 valence electrons. The number of hydrogen-bond acceptors (Lipinski definition) is 0. The Hall–Kier alpha value is -0.520. The van der Waals surface area contributed by atoms with Crippen molar-refractivity contribution < 1.29 is 0 Å². The van der Waals surface area contributed by atoms with Crippen LogP contribution in [0.3, 0.4) is 0 Å². The number of allylic oxidation sites excluding steroid dienone is 3. The van der Waals surface area contributed by atoms with Crippen LogP contribution in [0.5, 0.6) is 0 Å². The van der Waals surface area contributed by atoms with Crippen LogP contribution in [-0.2, 0) is 0 Å². The van der Waals surface area contributed by atoms with Crippen molar-refractivity contribution >= 4 is 0 Å². The van der Waals surface area contributed by atoms with Crippen molar-refractivity contribution in [1.82, 2.24) is 0 Å². The Morgan fingerprint density at radius 1 is 1.33 bits per heavy atom. The second-order valence-corrected chi connectivity index (χ2v) is 3.26. The van der Waals surface area contributed by atoms with E-state index in [0.29, 0.717) is 0 Å². The molecule has 0 heterocycles. The molecule has 0 saturated carbocycles. The molecule has 1 unspecified atom stereocenters. The minimum Gasteiger partial charge on any atom is -0.103 e. The van der Waals surface area contributed by atoms with Gasteiger partial charge in [0, 0.05) is 0 Å². The van der Waals surface area contributed by atoms with Crippen molar-refractivity contribution in [3.8, 4) is 0 Å². The smallest absolute Gasteiger partial charge is 0.0172 e. The quantitative estimate of drug-likeness (QED) is 0.494. The molecular weight excluding hydrogens is 144 g/mol. The normalized spacial score (nSPS) is 13.5. The summed E-state index contributed by atoms with van der Waals surface area (Å²) in [5.74, 6) is 0.796. The summed E-state index contributed by atoms with van der Waals surface area (Å²) in [5, 5.41) is 0. The van der Waals surface area contributed by atoms with Crippen LogP contribution in [0, 0.1) is 5.92 Å². The average Bonchev–Trinajstić information content (AvgIpc) is 2.11. The summed E-state index contributed by atoms with van der Waals surface area (Å²) in [5.41, 5.74) is 0. The standard InChI is InChI=1S/C12H22/c1-4-7-9-11-12(6-3)10-8-5-2/h4,9,11-12H,1,5-8,10H2,2-3H3. The second-order valence-electron chi connectivity index (χ2n) is 3.26. The molecule has 0 rings (SSSR count). The lowest BCUT2D eigenvalue weighted by Gasteiger charge is -2.07. The lowest BCUT2D eigenvalue weighted by Crippen LogP contribution is -1.93. The largest absolute Gasteiger partial charge is 0.103 e. The molecule has 0 nitrogen and oxygen atoms in total. The summed E-state index contributed by atoms with van der Waals surface area (Å²) in [6.07, 6.45) is 12.8. The molecule has 0 aliphatic rings. The van der Waals surface area contributed by atoms with Crippen molar-refractivity contribution in [3.63, 3.8) is 0 Å². The molecule has 0 spiro atoms. The van der Waals surface area contributed by atoms with Gasteiger partial charge in [0.15, 0.2) is 0 Å². The lowest BCUT2D eigenvalue weighted by atomic mass is 9.99. The fourth-order valence-corrected chi connectivity index (χ4v) is 1.27. The number of hydrogen-bond donors (Lipinski definition) is 0. The first-order valence-corrected chi connectivity index (χ1v) is 5.12. The maximum absolute atomic E-state index is 3.69. The van der Waals surface area contributed by atoms with Crippen LogP contribution in [0.2, 0.25) is 0 Å². The topological polar surface area (TPSA) is 0 Å². The first kappa shape index (κ1) is 11.5. The third-order valence-corrected chi connectivity index (χ3v) is 2.16. The Bertz CT molecular complexity index is 122. The molecule has 0 aliphatic carbocycles. The van der Waals surface area contributed by atoms with Gasteiger partial charge >= 0.3 is 0 Å². The summed E-state index contributed by atoms with van der Waals surface area (Å²) >= 11 is 0. The summed E-state index contributed by atoms with van der Waals surface area (Å²) in [4.78, 5) is 0. The molecule has 0 heteroatoms. The molecule has 0 aromatic heterocycles. The van der Waals surface area contributed by atoms with Crippen LogP contribution < -0.4 is 0 Å². The van der Waals surface area contributed by atoms with Crippen molar-refractivity contribution in [2.75, 3.05) is 0 Å². The molecule has 0 N–H and O–H groups in total.